The Morgan fingerprint density at radius 1 is 1.19 bits per heavy atom. The first-order valence-electron chi connectivity index (χ1n) is 7.82. The van der Waals surface area contributed by atoms with Gasteiger partial charge in [0.05, 0.1) is 17.8 Å². The van der Waals surface area contributed by atoms with Gasteiger partial charge in [-0.05, 0) is 65.3 Å². The smallest absolute Gasteiger partial charge is 0.123 e. The van der Waals surface area contributed by atoms with Crippen molar-refractivity contribution in [3.05, 3.63) is 23.4 Å². The summed E-state index contributed by atoms with van der Waals surface area (Å²) in [6.45, 7) is 4.23. The molecule has 4 nitrogen and oxygen atoms in total. The van der Waals surface area contributed by atoms with E-state index in [1.807, 2.05) is 6.20 Å². The Labute approximate surface area is 126 Å². The minimum Gasteiger partial charge on any atom is -0.490 e. The van der Waals surface area contributed by atoms with Gasteiger partial charge in [0.15, 0.2) is 0 Å². The highest BCUT2D eigenvalue weighted by molar-refractivity contribution is 5.86. The van der Waals surface area contributed by atoms with Crippen molar-refractivity contribution in [3.8, 4) is 5.75 Å². The molecule has 1 aromatic heterocycles. The molecule has 1 heterocycles. The van der Waals surface area contributed by atoms with E-state index in [1.54, 1.807) is 0 Å². The summed E-state index contributed by atoms with van der Waals surface area (Å²) >= 11 is 0. The molecule has 4 heteroatoms. The zero-order chi connectivity index (χ0) is 15.0. The molecule has 0 radical (unpaired) electrons. The summed E-state index contributed by atoms with van der Waals surface area (Å²) in [4.78, 5) is 2.34. The molecule has 21 heavy (non-hydrogen) atoms. The third-order valence-electron chi connectivity index (χ3n) is 4.82. The fraction of sp³-hybridized carbons (Fsp3) is 0.588. The number of rotatable bonds is 3. The number of benzene rings is 1. The van der Waals surface area contributed by atoms with Crippen LogP contribution in [0.4, 0.5) is 0 Å². The Morgan fingerprint density at radius 3 is 2.57 bits per heavy atom. The Morgan fingerprint density at radius 2 is 1.90 bits per heavy atom. The van der Waals surface area contributed by atoms with Crippen LogP contribution in [0, 0.1) is 13.8 Å². The summed E-state index contributed by atoms with van der Waals surface area (Å²) in [7, 11) is 4.35. The van der Waals surface area contributed by atoms with E-state index in [2.05, 4.69) is 49.1 Å². The average molecular weight is 287 g/mol. The van der Waals surface area contributed by atoms with Crippen LogP contribution in [0.1, 0.15) is 36.8 Å². The third kappa shape index (κ3) is 2.77. The van der Waals surface area contributed by atoms with Crippen molar-refractivity contribution in [2.75, 3.05) is 14.1 Å². The minimum absolute atomic E-state index is 0.351. The molecule has 0 amide bonds. The SMILES string of the molecule is Cc1c(OC2CCC(N(C)C)CC2)cc(C)c2[nH]ncc12. The van der Waals surface area contributed by atoms with Gasteiger partial charge in [-0.2, -0.15) is 5.10 Å². The van der Waals surface area contributed by atoms with Crippen LogP contribution in [0.15, 0.2) is 12.3 Å². The first-order chi connectivity index (χ1) is 10.1. The molecule has 0 aliphatic heterocycles. The van der Waals surface area contributed by atoms with Crippen LogP contribution < -0.4 is 4.74 Å². The lowest BCUT2D eigenvalue weighted by Crippen LogP contribution is -2.35. The van der Waals surface area contributed by atoms with Crippen molar-refractivity contribution in [2.24, 2.45) is 0 Å². The lowest BCUT2D eigenvalue weighted by Gasteiger charge is -2.33. The summed E-state index contributed by atoms with van der Waals surface area (Å²) in [5.41, 5.74) is 3.51. The number of aryl methyl sites for hydroxylation is 2. The van der Waals surface area contributed by atoms with E-state index in [0.717, 1.165) is 24.1 Å². The van der Waals surface area contributed by atoms with Crippen molar-refractivity contribution in [1.29, 1.82) is 0 Å². The molecule has 114 valence electrons. The molecule has 1 aliphatic rings. The summed E-state index contributed by atoms with van der Waals surface area (Å²) < 4.78 is 6.31. The normalized spacial score (nSPS) is 22.9. The molecule has 1 N–H and O–H groups in total. The number of hydrogen-bond donors (Lipinski definition) is 1. The van der Waals surface area contributed by atoms with E-state index in [0.29, 0.717) is 12.1 Å². The van der Waals surface area contributed by atoms with Crippen molar-refractivity contribution in [3.63, 3.8) is 0 Å². The van der Waals surface area contributed by atoms with Crippen LogP contribution in [0.2, 0.25) is 0 Å². The largest absolute Gasteiger partial charge is 0.490 e. The second-order valence-corrected chi connectivity index (χ2v) is 6.49. The van der Waals surface area contributed by atoms with E-state index < -0.39 is 0 Å². The Balaban J connectivity index is 1.75. The van der Waals surface area contributed by atoms with Gasteiger partial charge >= 0.3 is 0 Å². The molecular formula is C17H25N3O. The van der Waals surface area contributed by atoms with Gasteiger partial charge in [0, 0.05) is 17.0 Å². The van der Waals surface area contributed by atoms with Gasteiger partial charge in [0.1, 0.15) is 5.75 Å². The predicted octanol–water partition coefficient (Wildman–Crippen LogP) is 3.43. The van der Waals surface area contributed by atoms with Crippen LogP contribution in [-0.4, -0.2) is 41.3 Å². The number of ether oxygens (including phenoxy) is 1. The monoisotopic (exact) mass is 287 g/mol. The Kier molecular flexibility index (Phi) is 3.89. The highest BCUT2D eigenvalue weighted by atomic mass is 16.5. The van der Waals surface area contributed by atoms with Crippen LogP contribution in [0.5, 0.6) is 5.75 Å². The maximum atomic E-state index is 6.31. The van der Waals surface area contributed by atoms with E-state index in [4.69, 9.17) is 4.74 Å². The maximum absolute atomic E-state index is 6.31. The first kappa shape index (κ1) is 14.4. The molecule has 0 unspecified atom stereocenters. The summed E-state index contributed by atoms with van der Waals surface area (Å²) in [5, 5.41) is 8.39. The molecule has 1 aliphatic carbocycles. The van der Waals surface area contributed by atoms with Gasteiger partial charge in [-0.3, -0.25) is 5.10 Å². The number of H-pyrrole nitrogens is 1. The van der Waals surface area contributed by atoms with Crippen molar-refractivity contribution in [1.82, 2.24) is 15.1 Å². The second-order valence-electron chi connectivity index (χ2n) is 6.49. The summed E-state index contributed by atoms with van der Waals surface area (Å²) in [6, 6.07) is 2.86. The number of hydrogen-bond acceptors (Lipinski definition) is 3. The molecule has 2 aromatic rings. The number of aromatic amines is 1. The fourth-order valence-corrected chi connectivity index (χ4v) is 3.36. The Bertz CT molecular complexity index is 624. The lowest BCUT2D eigenvalue weighted by molar-refractivity contribution is 0.110. The molecule has 1 saturated carbocycles. The molecule has 1 fully saturated rings. The van der Waals surface area contributed by atoms with Gasteiger partial charge in [0.25, 0.3) is 0 Å². The van der Waals surface area contributed by atoms with Gasteiger partial charge in [-0.25, -0.2) is 0 Å². The Hall–Kier alpha value is -1.55. The lowest BCUT2D eigenvalue weighted by atomic mass is 9.92. The first-order valence-corrected chi connectivity index (χ1v) is 7.82. The second kappa shape index (κ2) is 5.68. The molecule has 0 spiro atoms. The van der Waals surface area contributed by atoms with E-state index in [-0.39, 0.29) is 0 Å². The summed E-state index contributed by atoms with van der Waals surface area (Å²) in [5.74, 6) is 1.02. The predicted molar refractivity (Wildman–Crippen MR) is 85.9 cm³/mol. The number of nitrogens with zero attached hydrogens (tertiary/aromatic N) is 2. The number of aromatic nitrogens is 2. The molecule has 0 saturated heterocycles. The quantitative estimate of drug-likeness (QED) is 0.940. The number of nitrogens with one attached hydrogen (secondary N) is 1. The highest BCUT2D eigenvalue weighted by Gasteiger charge is 2.24. The van der Waals surface area contributed by atoms with Gasteiger partial charge in [0.2, 0.25) is 0 Å². The van der Waals surface area contributed by atoms with E-state index >= 15 is 0 Å². The number of fused-ring (bicyclic) bond motifs is 1. The fourth-order valence-electron chi connectivity index (χ4n) is 3.36. The van der Waals surface area contributed by atoms with E-state index in [9.17, 15) is 0 Å². The van der Waals surface area contributed by atoms with Crippen molar-refractivity contribution in [2.45, 2.75) is 51.7 Å². The van der Waals surface area contributed by atoms with Crippen LogP contribution in [0.25, 0.3) is 10.9 Å². The van der Waals surface area contributed by atoms with Crippen molar-refractivity contribution >= 4 is 10.9 Å². The molecular weight excluding hydrogens is 262 g/mol. The van der Waals surface area contributed by atoms with Crippen LogP contribution in [0.3, 0.4) is 0 Å². The molecule has 0 atom stereocenters. The molecule has 0 bridgehead atoms. The van der Waals surface area contributed by atoms with Crippen molar-refractivity contribution < 1.29 is 4.74 Å². The zero-order valence-electron chi connectivity index (χ0n) is 13.4. The van der Waals surface area contributed by atoms with E-state index in [1.165, 1.54) is 29.4 Å². The summed E-state index contributed by atoms with van der Waals surface area (Å²) in [6.07, 6.45) is 6.99. The van der Waals surface area contributed by atoms with Gasteiger partial charge in [-0.15, -0.1) is 0 Å². The molecule has 3 rings (SSSR count). The highest BCUT2D eigenvalue weighted by Crippen LogP contribution is 2.32. The minimum atomic E-state index is 0.351. The third-order valence-corrected chi connectivity index (χ3v) is 4.82. The average Bonchev–Trinajstić information content (AvgIpc) is 2.95. The van der Waals surface area contributed by atoms with Gasteiger partial charge in [-0.1, -0.05) is 0 Å². The van der Waals surface area contributed by atoms with Crippen LogP contribution in [-0.2, 0) is 0 Å². The van der Waals surface area contributed by atoms with Gasteiger partial charge < -0.3 is 9.64 Å². The maximum Gasteiger partial charge on any atom is 0.123 e. The standard InChI is InChI=1S/C17H25N3O/c1-11-9-16(12(2)15-10-18-19-17(11)15)21-14-7-5-13(6-8-14)20(3)4/h9-10,13-14H,5-8H2,1-4H3,(H,18,19). The zero-order valence-corrected chi connectivity index (χ0v) is 13.4. The molecule has 1 aromatic carbocycles. The van der Waals surface area contributed by atoms with Crippen LogP contribution >= 0.6 is 0 Å². The topological polar surface area (TPSA) is 41.1 Å².